The zero-order chi connectivity index (χ0) is 55.7. The Balaban J connectivity index is 1.19. The molecule has 9 aromatic rings. The fraction of sp³-hybridized carbons (Fsp3) is 0.351. The van der Waals surface area contributed by atoms with Gasteiger partial charge in [-0.2, -0.15) is 0 Å². The SMILES string of the molecule is Cc1ccccc1N(c1ccc2c(c1)N(c1ccc3c(oc4ccccc43)c1C(C)(C)C)c1cc(C(C)(C)C)cc3c1B2c1cc2c(cc1N3c1ccc3c(c1)C(C)(C)CCC3(C)C)C(C)(C)CCC2(C)C)c1ccccc1C. The van der Waals surface area contributed by atoms with E-state index < -0.39 is 0 Å². The van der Waals surface area contributed by atoms with E-state index in [4.69, 9.17) is 4.42 Å². The molecule has 2 aliphatic heterocycles. The van der Waals surface area contributed by atoms with Crippen LogP contribution in [0.4, 0.5) is 51.2 Å². The number of para-hydroxylation sites is 3. The minimum atomic E-state index is -0.312. The summed E-state index contributed by atoms with van der Waals surface area (Å²) in [5.74, 6) is 0. The van der Waals surface area contributed by atoms with E-state index in [0.29, 0.717) is 0 Å². The van der Waals surface area contributed by atoms with Gasteiger partial charge in [-0.3, -0.25) is 0 Å². The average Bonchev–Trinajstić information content (AvgIpc) is 3.45. The van der Waals surface area contributed by atoms with E-state index in [2.05, 4.69) is 271 Å². The van der Waals surface area contributed by atoms with Crippen molar-refractivity contribution in [3.63, 3.8) is 0 Å². The molecule has 0 N–H and O–H groups in total. The largest absolute Gasteiger partial charge is 0.456 e. The number of benzene rings is 8. The minimum absolute atomic E-state index is 0.00389. The number of furan rings is 1. The van der Waals surface area contributed by atoms with Crippen LogP contribution in [0.1, 0.15) is 167 Å². The van der Waals surface area contributed by atoms with Crippen LogP contribution in [0.5, 0.6) is 0 Å². The second-order valence-corrected chi connectivity index (χ2v) is 28.8. The van der Waals surface area contributed by atoms with Crippen molar-refractivity contribution in [1.29, 1.82) is 0 Å². The zero-order valence-electron chi connectivity index (χ0n) is 50.0. The molecule has 0 spiro atoms. The second-order valence-electron chi connectivity index (χ2n) is 28.8. The Hall–Kier alpha value is -6.98. The Kier molecular flexibility index (Phi) is 11.2. The summed E-state index contributed by atoms with van der Waals surface area (Å²) < 4.78 is 7.12. The molecule has 0 radical (unpaired) electrons. The van der Waals surface area contributed by atoms with Gasteiger partial charge in [-0.15, -0.1) is 0 Å². The van der Waals surface area contributed by atoms with Crippen LogP contribution in [0, 0.1) is 13.8 Å². The highest BCUT2D eigenvalue weighted by Gasteiger charge is 2.48. The summed E-state index contributed by atoms with van der Waals surface area (Å²) in [5.41, 5.74) is 27.3. The van der Waals surface area contributed by atoms with Crippen LogP contribution in [0.3, 0.4) is 0 Å². The fourth-order valence-corrected chi connectivity index (χ4v) is 14.6. The van der Waals surface area contributed by atoms with Crippen molar-refractivity contribution in [1.82, 2.24) is 0 Å². The van der Waals surface area contributed by atoms with Crippen molar-refractivity contribution in [3.8, 4) is 0 Å². The molecule has 0 bridgehead atoms. The Labute approximate surface area is 471 Å². The van der Waals surface area contributed by atoms with Gasteiger partial charge in [0, 0.05) is 61.8 Å². The third kappa shape index (κ3) is 7.90. The number of aryl methyl sites for hydroxylation is 2. The summed E-state index contributed by atoms with van der Waals surface area (Å²) in [6, 6.07) is 56.6. The maximum atomic E-state index is 7.12. The van der Waals surface area contributed by atoms with Gasteiger partial charge in [-0.05, 0) is 200 Å². The van der Waals surface area contributed by atoms with Gasteiger partial charge in [0.15, 0.2) is 0 Å². The summed E-state index contributed by atoms with van der Waals surface area (Å²) in [5, 5.41) is 2.30. The van der Waals surface area contributed by atoms with Crippen LogP contribution in [0.15, 0.2) is 150 Å². The molecule has 3 heterocycles. The second kappa shape index (κ2) is 17.3. The lowest BCUT2D eigenvalue weighted by molar-refractivity contribution is 0.332. The molecule has 0 fully saturated rings. The first-order valence-electron chi connectivity index (χ1n) is 29.4. The average molecular weight is 1040 g/mol. The molecule has 0 amide bonds. The van der Waals surface area contributed by atoms with Gasteiger partial charge in [0.25, 0.3) is 6.71 Å². The molecule has 0 atom stereocenters. The van der Waals surface area contributed by atoms with Gasteiger partial charge >= 0.3 is 0 Å². The maximum absolute atomic E-state index is 7.12. The van der Waals surface area contributed by atoms with Gasteiger partial charge in [0.1, 0.15) is 11.2 Å². The van der Waals surface area contributed by atoms with Crippen molar-refractivity contribution >= 4 is 96.2 Å². The number of rotatable bonds is 5. The first-order chi connectivity index (χ1) is 37.2. The number of anilines is 9. The molecular formula is C74H80BN3O. The van der Waals surface area contributed by atoms with E-state index in [1.807, 2.05) is 0 Å². The lowest BCUT2D eigenvalue weighted by Gasteiger charge is -2.48. The summed E-state index contributed by atoms with van der Waals surface area (Å²) in [6.07, 6.45) is 4.63. The molecule has 2 aliphatic carbocycles. The van der Waals surface area contributed by atoms with Crippen molar-refractivity contribution in [2.24, 2.45) is 0 Å². The Morgan fingerprint density at radius 3 is 1.61 bits per heavy atom. The van der Waals surface area contributed by atoms with Gasteiger partial charge in [-0.1, -0.05) is 170 Å². The van der Waals surface area contributed by atoms with E-state index in [1.165, 1.54) is 107 Å². The Bertz CT molecular complexity index is 3950. The number of hydrogen-bond donors (Lipinski definition) is 0. The molecule has 1 aromatic heterocycles. The summed E-state index contributed by atoms with van der Waals surface area (Å²) in [4.78, 5) is 7.90. The number of hydrogen-bond acceptors (Lipinski definition) is 4. The van der Waals surface area contributed by atoms with Crippen molar-refractivity contribution in [2.45, 2.75) is 169 Å². The van der Waals surface area contributed by atoms with E-state index in [1.54, 1.807) is 0 Å². The minimum Gasteiger partial charge on any atom is -0.456 e. The van der Waals surface area contributed by atoms with Gasteiger partial charge in [-0.25, -0.2) is 0 Å². The van der Waals surface area contributed by atoms with Crippen LogP contribution in [0.2, 0.25) is 0 Å². The monoisotopic (exact) mass is 1040 g/mol. The predicted octanol–water partition coefficient (Wildman–Crippen LogP) is 19.0. The molecular weight excluding hydrogens is 958 g/mol. The van der Waals surface area contributed by atoms with E-state index in [9.17, 15) is 0 Å². The Morgan fingerprint density at radius 1 is 0.456 bits per heavy atom. The van der Waals surface area contributed by atoms with Gasteiger partial charge < -0.3 is 19.1 Å². The molecule has 5 heteroatoms. The lowest BCUT2D eigenvalue weighted by Crippen LogP contribution is -2.62. The van der Waals surface area contributed by atoms with E-state index in [-0.39, 0.29) is 39.2 Å². The fourth-order valence-electron chi connectivity index (χ4n) is 14.6. The van der Waals surface area contributed by atoms with Crippen molar-refractivity contribution < 1.29 is 4.42 Å². The van der Waals surface area contributed by atoms with E-state index >= 15 is 0 Å². The third-order valence-electron chi connectivity index (χ3n) is 19.5. The molecule has 79 heavy (non-hydrogen) atoms. The molecule has 0 saturated carbocycles. The highest BCUT2D eigenvalue weighted by molar-refractivity contribution is 7.00. The maximum Gasteiger partial charge on any atom is 0.252 e. The van der Waals surface area contributed by atoms with Crippen molar-refractivity contribution in [2.75, 3.05) is 14.7 Å². The highest BCUT2D eigenvalue weighted by atomic mass is 16.3. The van der Waals surface area contributed by atoms with Gasteiger partial charge in [0.2, 0.25) is 0 Å². The molecule has 400 valence electrons. The topological polar surface area (TPSA) is 22.9 Å². The lowest BCUT2D eigenvalue weighted by atomic mass is 9.33. The predicted molar refractivity (Wildman–Crippen MR) is 340 cm³/mol. The first-order valence-corrected chi connectivity index (χ1v) is 29.4. The molecule has 8 aromatic carbocycles. The van der Waals surface area contributed by atoms with E-state index in [0.717, 1.165) is 52.6 Å². The van der Waals surface area contributed by atoms with Gasteiger partial charge in [0.05, 0.1) is 5.69 Å². The van der Waals surface area contributed by atoms with Crippen LogP contribution in [-0.2, 0) is 32.5 Å². The Morgan fingerprint density at radius 2 is 1.00 bits per heavy atom. The first kappa shape index (κ1) is 51.5. The normalized spacial score (nSPS) is 17.5. The van der Waals surface area contributed by atoms with Crippen LogP contribution in [-0.4, -0.2) is 6.71 Å². The summed E-state index contributed by atoms with van der Waals surface area (Å²) >= 11 is 0. The van der Waals surface area contributed by atoms with Crippen molar-refractivity contribution in [3.05, 3.63) is 190 Å². The van der Waals surface area contributed by atoms with Crippen LogP contribution < -0.4 is 31.1 Å². The number of nitrogens with zero attached hydrogens (tertiary/aromatic N) is 3. The summed E-state index contributed by atoms with van der Waals surface area (Å²) in [7, 11) is 0. The standard InChI is InChI=1S/C74H80BN3O/c1-45-23-17-20-26-58(45)76(59-27-21-18-24-46(59)2)49-30-33-56-61(42-49)78(60-34-31-51-50-25-19-22-28-65(50)79-68(51)66(60)70(6,7)8)64-40-47(69(3,4)5)39-63-67(64)75(56)57-43-54-55(74(15,16)38-37-73(54,13)14)44-62(57)77(63)48-29-32-52-53(41-48)72(11,12)36-35-71(52,9)10/h17-34,39-44H,35-38H2,1-16H3. The quantitative estimate of drug-likeness (QED) is 0.160. The summed E-state index contributed by atoms with van der Waals surface area (Å²) in [6.45, 7) is 38.5. The molecule has 0 saturated heterocycles. The van der Waals surface area contributed by atoms with Crippen LogP contribution in [0.25, 0.3) is 21.9 Å². The highest BCUT2D eigenvalue weighted by Crippen LogP contribution is 2.55. The molecule has 0 unspecified atom stereocenters. The number of fused-ring (bicyclic) bond motifs is 9. The molecule has 4 aliphatic rings. The molecule has 4 nitrogen and oxygen atoms in total. The molecule has 13 rings (SSSR count). The third-order valence-corrected chi connectivity index (χ3v) is 19.5. The zero-order valence-corrected chi connectivity index (χ0v) is 50.0. The van der Waals surface area contributed by atoms with Crippen LogP contribution >= 0.6 is 0 Å². The smallest absolute Gasteiger partial charge is 0.252 e.